The molecule has 2 aliphatic carbocycles. The molecule has 0 aliphatic heterocycles. The van der Waals surface area contributed by atoms with Crippen LogP contribution in [0.4, 0.5) is 4.79 Å². The molecule has 3 unspecified atom stereocenters. The molecule has 2 bridgehead atoms. The first-order valence-corrected chi connectivity index (χ1v) is 6.81. The van der Waals surface area contributed by atoms with Gasteiger partial charge in [0.15, 0.2) is 0 Å². The Morgan fingerprint density at radius 1 is 1.28 bits per heavy atom. The molecule has 0 aromatic heterocycles. The number of carbonyl (C=O) groups is 1. The largest absolute Gasteiger partial charge is 0.508 e. The summed E-state index contributed by atoms with van der Waals surface area (Å²) in [6.45, 7) is 1.49. The van der Waals surface area contributed by atoms with Gasteiger partial charge in [0.2, 0.25) is 0 Å². The van der Waals surface area contributed by atoms with Crippen molar-refractivity contribution in [3.63, 3.8) is 0 Å². The second-order valence-corrected chi connectivity index (χ2v) is 5.55. The highest BCUT2D eigenvalue weighted by atomic mass is 16.7. The molecular formula is C14H23NO3. The summed E-state index contributed by atoms with van der Waals surface area (Å²) in [5.41, 5.74) is 0. The molecule has 0 N–H and O–H groups in total. The second kappa shape index (κ2) is 6.23. The lowest BCUT2D eigenvalue weighted by atomic mass is 10.1. The van der Waals surface area contributed by atoms with Crippen molar-refractivity contribution in [2.75, 3.05) is 27.2 Å². The fraction of sp³-hybridized carbons (Fsp3) is 0.786. The van der Waals surface area contributed by atoms with Crippen LogP contribution >= 0.6 is 0 Å². The van der Waals surface area contributed by atoms with Crippen LogP contribution in [0, 0.1) is 11.8 Å². The molecule has 4 nitrogen and oxygen atoms in total. The molecular weight excluding hydrogens is 230 g/mol. The van der Waals surface area contributed by atoms with Gasteiger partial charge in [-0.2, -0.15) is 0 Å². The minimum Gasteiger partial charge on any atom is -0.434 e. The Morgan fingerprint density at radius 3 is 2.72 bits per heavy atom. The zero-order valence-electron chi connectivity index (χ0n) is 11.3. The van der Waals surface area contributed by atoms with Gasteiger partial charge in [-0.25, -0.2) is 4.79 Å². The summed E-state index contributed by atoms with van der Waals surface area (Å²) < 4.78 is 10.4. The van der Waals surface area contributed by atoms with Crippen LogP contribution in [0.2, 0.25) is 0 Å². The van der Waals surface area contributed by atoms with E-state index >= 15 is 0 Å². The van der Waals surface area contributed by atoms with E-state index < -0.39 is 6.16 Å². The SMILES string of the molecule is CN(C)CCCCOC(=O)OC1CC2C=CC1C2. The van der Waals surface area contributed by atoms with E-state index in [1.807, 2.05) is 14.1 Å². The molecule has 0 aromatic carbocycles. The van der Waals surface area contributed by atoms with Crippen LogP contribution in [-0.2, 0) is 9.47 Å². The van der Waals surface area contributed by atoms with Crippen molar-refractivity contribution in [1.82, 2.24) is 4.90 Å². The third-order valence-corrected chi connectivity index (χ3v) is 3.69. The van der Waals surface area contributed by atoms with Gasteiger partial charge in [0, 0.05) is 5.92 Å². The van der Waals surface area contributed by atoms with Crippen molar-refractivity contribution in [2.24, 2.45) is 11.8 Å². The van der Waals surface area contributed by atoms with E-state index in [2.05, 4.69) is 17.1 Å². The van der Waals surface area contributed by atoms with Crippen molar-refractivity contribution < 1.29 is 14.3 Å². The zero-order chi connectivity index (χ0) is 13.0. The zero-order valence-corrected chi connectivity index (χ0v) is 11.3. The van der Waals surface area contributed by atoms with Gasteiger partial charge in [0.25, 0.3) is 0 Å². The number of ether oxygens (including phenoxy) is 2. The molecule has 0 heterocycles. The summed E-state index contributed by atoms with van der Waals surface area (Å²) in [5.74, 6) is 1.05. The Hall–Kier alpha value is -1.03. The number of rotatable bonds is 6. The lowest BCUT2D eigenvalue weighted by Crippen LogP contribution is -2.23. The van der Waals surface area contributed by atoms with Gasteiger partial charge in [0.1, 0.15) is 6.10 Å². The summed E-state index contributed by atoms with van der Waals surface area (Å²) in [6.07, 6.45) is 8.00. The van der Waals surface area contributed by atoms with Crippen molar-refractivity contribution in [2.45, 2.75) is 31.8 Å². The topological polar surface area (TPSA) is 38.8 Å². The maximum absolute atomic E-state index is 11.5. The summed E-state index contributed by atoms with van der Waals surface area (Å²) in [7, 11) is 4.08. The molecule has 0 amide bonds. The molecule has 0 radical (unpaired) electrons. The molecule has 0 spiro atoms. The minimum absolute atomic E-state index is 0.0503. The number of fused-ring (bicyclic) bond motifs is 2. The molecule has 2 rings (SSSR count). The van der Waals surface area contributed by atoms with E-state index in [1.165, 1.54) is 0 Å². The van der Waals surface area contributed by atoms with Crippen LogP contribution in [0.1, 0.15) is 25.7 Å². The van der Waals surface area contributed by atoms with Gasteiger partial charge in [-0.15, -0.1) is 0 Å². The Bertz CT molecular complexity index is 314. The Kier molecular flexibility index (Phi) is 4.64. The predicted molar refractivity (Wildman–Crippen MR) is 69.4 cm³/mol. The molecule has 3 atom stereocenters. The second-order valence-electron chi connectivity index (χ2n) is 5.55. The minimum atomic E-state index is -0.495. The normalized spacial score (nSPS) is 28.9. The van der Waals surface area contributed by atoms with Crippen molar-refractivity contribution in [1.29, 1.82) is 0 Å². The highest BCUT2D eigenvalue weighted by Crippen LogP contribution is 2.40. The molecule has 0 aromatic rings. The predicted octanol–water partition coefficient (Wildman–Crippen LogP) is 2.45. The first kappa shape index (κ1) is 13.4. The van der Waals surface area contributed by atoms with Crippen LogP contribution in [0.15, 0.2) is 12.2 Å². The lowest BCUT2D eigenvalue weighted by molar-refractivity contribution is 0.0144. The Morgan fingerprint density at radius 2 is 2.11 bits per heavy atom. The highest BCUT2D eigenvalue weighted by Gasteiger charge is 2.38. The summed E-state index contributed by atoms with van der Waals surface area (Å²) >= 11 is 0. The van der Waals surface area contributed by atoms with Gasteiger partial charge in [-0.3, -0.25) is 0 Å². The fourth-order valence-electron chi connectivity index (χ4n) is 2.71. The number of carbonyl (C=O) groups excluding carboxylic acids is 1. The first-order chi connectivity index (χ1) is 8.65. The van der Waals surface area contributed by atoms with E-state index in [0.717, 1.165) is 32.2 Å². The number of nitrogens with zero attached hydrogens (tertiary/aromatic N) is 1. The average Bonchev–Trinajstić information content (AvgIpc) is 2.90. The molecule has 4 heteroatoms. The average molecular weight is 253 g/mol. The summed E-state index contributed by atoms with van der Waals surface area (Å²) in [6, 6.07) is 0. The molecule has 2 aliphatic rings. The monoisotopic (exact) mass is 253 g/mol. The quantitative estimate of drug-likeness (QED) is 0.414. The van der Waals surface area contributed by atoms with E-state index in [4.69, 9.17) is 9.47 Å². The maximum atomic E-state index is 11.5. The van der Waals surface area contributed by atoms with E-state index in [0.29, 0.717) is 18.4 Å². The van der Waals surface area contributed by atoms with Gasteiger partial charge < -0.3 is 14.4 Å². The fourth-order valence-corrected chi connectivity index (χ4v) is 2.71. The van der Waals surface area contributed by atoms with Crippen LogP contribution in [0.3, 0.4) is 0 Å². The third-order valence-electron chi connectivity index (χ3n) is 3.69. The summed E-state index contributed by atoms with van der Waals surface area (Å²) in [4.78, 5) is 13.6. The molecule has 0 saturated heterocycles. The van der Waals surface area contributed by atoms with Gasteiger partial charge in [0.05, 0.1) is 6.61 Å². The molecule has 18 heavy (non-hydrogen) atoms. The number of hydrogen-bond acceptors (Lipinski definition) is 4. The number of unbranched alkanes of at least 4 members (excludes halogenated alkanes) is 1. The van der Waals surface area contributed by atoms with Crippen molar-refractivity contribution in [3.05, 3.63) is 12.2 Å². The summed E-state index contributed by atoms with van der Waals surface area (Å²) in [5, 5.41) is 0. The Labute approximate surface area is 109 Å². The van der Waals surface area contributed by atoms with Gasteiger partial charge in [-0.05, 0) is 52.2 Å². The molecule has 102 valence electrons. The standard InChI is InChI=1S/C14H23NO3/c1-15(2)7-3-4-8-17-14(16)18-13-10-11-5-6-12(13)9-11/h5-6,11-13H,3-4,7-10H2,1-2H3. The van der Waals surface area contributed by atoms with Crippen LogP contribution in [0.25, 0.3) is 0 Å². The van der Waals surface area contributed by atoms with Gasteiger partial charge in [-0.1, -0.05) is 12.2 Å². The molecule has 1 fully saturated rings. The molecule has 1 saturated carbocycles. The smallest absolute Gasteiger partial charge is 0.434 e. The first-order valence-electron chi connectivity index (χ1n) is 6.81. The lowest BCUT2D eigenvalue weighted by Gasteiger charge is -2.18. The van der Waals surface area contributed by atoms with E-state index in [1.54, 1.807) is 0 Å². The maximum Gasteiger partial charge on any atom is 0.508 e. The van der Waals surface area contributed by atoms with Crippen molar-refractivity contribution >= 4 is 6.16 Å². The third kappa shape index (κ3) is 3.73. The van der Waals surface area contributed by atoms with Crippen molar-refractivity contribution in [3.8, 4) is 0 Å². The Balaban J connectivity index is 1.54. The highest BCUT2D eigenvalue weighted by molar-refractivity contribution is 5.60. The number of allylic oxidation sites excluding steroid dienone is 1. The van der Waals surface area contributed by atoms with E-state index in [9.17, 15) is 4.79 Å². The van der Waals surface area contributed by atoms with Gasteiger partial charge >= 0.3 is 6.16 Å². The van der Waals surface area contributed by atoms with Crippen LogP contribution in [-0.4, -0.2) is 44.4 Å². The van der Waals surface area contributed by atoms with Crippen LogP contribution in [0.5, 0.6) is 0 Å². The van der Waals surface area contributed by atoms with E-state index in [-0.39, 0.29) is 6.10 Å². The number of hydrogen-bond donors (Lipinski definition) is 0. The van der Waals surface area contributed by atoms with Crippen LogP contribution < -0.4 is 0 Å².